The third kappa shape index (κ3) is 9.79. The molecule has 0 aliphatic carbocycles. The van der Waals surface area contributed by atoms with Crippen molar-refractivity contribution in [2.45, 2.75) is 113 Å². The average Bonchev–Trinajstić information content (AvgIpc) is 3.01. The Labute approximate surface area is 279 Å². The lowest BCUT2D eigenvalue weighted by molar-refractivity contribution is -0.226. The number of nitrogens with one attached hydrogen (secondary N) is 3. The van der Waals surface area contributed by atoms with Gasteiger partial charge in [0.15, 0.2) is 0 Å². The van der Waals surface area contributed by atoms with E-state index in [0.29, 0.717) is 0 Å². The zero-order chi connectivity index (χ0) is 35.9. The molecular formula is C30H53N3O15. The van der Waals surface area contributed by atoms with Gasteiger partial charge in [0.1, 0.15) is 30.5 Å². The second-order valence-corrected chi connectivity index (χ2v) is 13.2. The fourth-order valence-corrected chi connectivity index (χ4v) is 6.73. The SMILES string of the molecule is CC(=O)NC1[C@H](COC[C@@H]2C(CO)O[C@@H](COC[C@@H]3C(CO)OC(C)(C)C(NC(C)=O)[C@@H]3O)C(NC(C)=O)[C@@H]2O)OC(CO)[C@@H](O)[C@H]1O. The summed E-state index contributed by atoms with van der Waals surface area (Å²) in [4.78, 5) is 35.7. The average molecular weight is 696 g/mol. The molecular weight excluding hydrogens is 642 g/mol. The van der Waals surface area contributed by atoms with E-state index in [1.807, 2.05) is 0 Å². The van der Waals surface area contributed by atoms with Crippen molar-refractivity contribution in [2.24, 2.45) is 11.8 Å². The van der Waals surface area contributed by atoms with E-state index in [0.717, 1.165) is 0 Å². The molecule has 18 heteroatoms. The minimum atomic E-state index is -1.47. The Hall–Kier alpha value is -2.07. The summed E-state index contributed by atoms with van der Waals surface area (Å²) in [6, 6.07) is -2.91. The van der Waals surface area contributed by atoms with Crippen LogP contribution in [-0.4, -0.2) is 178 Å². The topological polar surface area (TPSA) is 275 Å². The van der Waals surface area contributed by atoms with Crippen LogP contribution in [0.3, 0.4) is 0 Å². The van der Waals surface area contributed by atoms with Crippen molar-refractivity contribution < 1.29 is 73.8 Å². The summed E-state index contributed by atoms with van der Waals surface area (Å²) in [5.41, 5.74) is -0.997. The van der Waals surface area contributed by atoms with E-state index in [9.17, 15) is 50.1 Å². The lowest BCUT2D eigenvalue weighted by Gasteiger charge is -2.49. The van der Waals surface area contributed by atoms with Crippen LogP contribution < -0.4 is 16.0 Å². The highest BCUT2D eigenvalue weighted by atomic mass is 16.6. The zero-order valence-corrected chi connectivity index (χ0v) is 27.9. The number of hydrogen-bond acceptors (Lipinski definition) is 15. The van der Waals surface area contributed by atoms with Crippen LogP contribution in [0.1, 0.15) is 34.6 Å². The quantitative estimate of drug-likeness (QED) is 0.0814. The van der Waals surface area contributed by atoms with Gasteiger partial charge in [0.2, 0.25) is 17.7 Å². The van der Waals surface area contributed by atoms with Crippen molar-refractivity contribution in [1.29, 1.82) is 0 Å². The molecule has 3 rings (SSSR count). The fourth-order valence-electron chi connectivity index (χ4n) is 6.73. The Morgan fingerprint density at radius 1 is 0.583 bits per heavy atom. The molecule has 0 aromatic rings. The van der Waals surface area contributed by atoms with Gasteiger partial charge in [-0.25, -0.2) is 0 Å². The number of amides is 3. The molecule has 0 spiro atoms. The summed E-state index contributed by atoms with van der Waals surface area (Å²) in [6.45, 7) is 4.73. The highest BCUT2D eigenvalue weighted by molar-refractivity contribution is 5.74. The van der Waals surface area contributed by atoms with Gasteiger partial charge < -0.3 is 75.4 Å². The molecule has 3 fully saturated rings. The van der Waals surface area contributed by atoms with Crippen molar-refractivity contribution >= 4 is 17.7 Å². The number of aliphatic hydroxyl groups excluding tert-OH is 7. The molecule has 6 unspecified atom stereocenters. The maximum absolute atomic E-state index is 12.1. The Morgan fingerprint density at radius 3 is 1.48 bits per heavy atom. The molecule has 14 atom stereocenters. The lowest BCUT2D eigenvalue weighted by atomic mass is 9.80. The molecule has 0 aromatic carbocycles. The molecule has 3 amide bonds. The van der Waals surface area contributed by atoms with Gasteiger partial charge in [-0.1, -0.05) is 0 Å². The third-order valence-corrected chi connectivity index (χ3v) is 9.17. The van der Waals surface area contributed by atoms with Crippen LogP contribution in [0.2, 0.25) is 0 Å². The van der Waals surface area contributed by atoms with Crippen molar-refractivity contribution in [3.05, 3.63) is 0 Å². The highest BCUT2D eigenvalue weighted by Gasteiger charge is 2.51. The first-order chi connectivity index (χ1) is 22.6. The smallest absolute Gasteiger partial charge is 0.217 e. The van der Waals surface area contributed by atoms with Crippen LogP contribution in [0.4, 0.5) is 0 Å². The Morgan fingerprint density at radius 2 is 1.02 bits per heavy atom. The number of carbonyl (C=O) groups excluding carboxylic acids is 3. The van der Waals surface area contributed by atoms with E-state index < -0.39 is 122 Å². The maximum atomic E-state index is 12.1. The fraction of sp³-hybridized carbons (Fsp3) is 0.900. The number of aliphatic hydroxyl groups is 7. The van der Waals surface area contributed by atoms with Crippen molar-refractivity contribution in [1.82, 2.24) is 16.0 Å². The first-order valence-electron chi connectivity index (χ1n) is 16.1. The van der Waals surface area contributed by atoms with E-state index in [-0.39, 0.29) is 32.3 Å². The Kier molecular flexibility index (Phi) is 14.9. The van der Waals surface area contributed by atoms with Crippen LogP contribution in [-0.2, 0) is 38.1 Å². The van der Waals surface area contributed by atoms with E-state index in [4.69, 9.17) is 23.7 Å². The maximum Gasteiger partial charge on any atom is 0.217 e. The summed E-state index contributed by atoms with van der Waals surface area (Å²) in [7, 11) is 0. The molecule has 0 aromatic heterocycles. The molecule has 278 valence electrons. The van der Waals surface area contributed by atoms with Gasteiger partial charge in [-0.2, -0.15) is 0 Å². The van der Waals surface area contributed by atoms with E-state index in [2.05, 4.69) is 16.0 Å². The monoisotopic (exact) mass is 695 g/mol. The van der Waals surface area contributed by atoms with E-state index >= 15 is 0 Å². The summed E-state index contributed by atoms with van der Waals surface area (Å²) < 4.78 is 29.4. The van der Waals surface area contributed by atoms with E-state index in [1.54, 1.807) is 13.8 Å². The van der Waals surface area contributed by atoms with Crippen LogP contribution in [0.15, 0.2) is 0 Å². The first-order valence-corrected chi connectivity index (χ1v) is 16.1. The second kappa shape index (κ2) is 17.7. The molecule has 10 N–H and O–H groups in total. The summed E-state index contributed by atoms with van der Waals surface area (Å²) in [6.07, 6.45) is -10.3. The van der Waals surface area contributed by atoms with Gasteiger partial charge in [-0.05, 0) is 13.8 Å². The molecule has 3 aliphatic rings. The predicted octanol–water partition coefficient (Wildman–Crippen LogP) is -5.10. The van der Waals surface area contributed by atoms with Gasteiger partial charge in [0.25, 0.3) is 0 Å². The van der Waals surface area contributed by atoms with Gasteiger partial charge in [-0.15, -0.1) is 0 Å². The predicted molar refractivity (Wildman–Crippen MR) is 163 cm³/mol. The summed E-state index contributed by atoms with van der Waals surface area (Å²) in [5.74, 6) is -3.01. The normalized spacial score (nSPS) is 39.8. The van der Waals surface area contributed by atoms with Crippen LogP contribution in [0.25, 0.3) is 0 Å². The van der Waals surface area contributed by atoms with Crippen LogP contribution >= 0.6 is 0 Å². The standard InChI is InChI=1S/C30H53N3O15/c1-13(37)31-23-21(11-45-10-17-19(7-35)48-30(4,5)29(26(17)41)33-15(3)39)46-18(6-34)16(25(23)40)9-44-12-22-24(32-14(2)38)28(43)27(42)20(8-36)47-22/h16-29,34-36,40-43H,6-12H2,1-5H3,(H,31,37)(H,32,38)(H,33,39)/t16-,17-,18?,19?,20?,21+,22+,23?,24?,25-,26-,27-,28+,29?/m1/s1. The van der Waals surface area contributed by atoms with E-state index in [1.165, 1.54) is 20.8 Å². The molecule has 3 aliphatic heterocycles. The van der Waals surface area contributed by atoms with Gasteiger partial charge in [0, 0.05) is 32.6 Å². The van der Waals surface area contributed by atoms with Crippen LogP contribution in [0.5, 0.6) is 0 Å². The molecule has 0 radical (unpaired) electrons. The number of ether oxygens (including phenoxy) is 5. The highest BCUT2D eigenvalue weighted by Crippen LogP contribution is 2.34. The number of hydrogen-bond donors (Lipinski definition) is 10. The molecule has 18 nitrogen and oxygen atoms in total. The van der Waals surface area contributed by atoms with Crippen molar-refractivity contribution in [3.8, 4) is 0 Å². The Balaban J connectivity index is 1.68. The molecule has 0 saturated carbocycles. The first kappa shape index (κ1) is 40.4. The molecule has 3 saturated heterocycles. The minimum absolute atomic E-state index is 0.149. The van der Waals surface area contributed by atoms with Crippen molar-refractivity contribution in [3.63, 3.8) is 0 Å². The van der Waals surface area contributed by atoms with Gasteiger partial charge in [0.05, 0.1) is 94.4 Å². The summed E-state index contributed by atoms with van der Waals surface area (Å²) in [5, 5.41) is 80.9. The zero-order valence-electron chi connectivity index (χ0n) is 27.9. The molecule has 3 heterocycles. The molecule has 0 bridgehead atoms. The number of carbonyl (C=O) groups is 3. The largest absolute Gasteiger partial charge is 0.394 e. The summed E-state index contributed by atoms with van der Waals surface area (Å²) >= 11 is 0. The second-order valence-electron chi connectivity index (χ2n) is 13.2. The lowest BCUT2D eigenvalue weighted by Crippen LogP contribution is -2.67. The van der Waals surface area contributed by atoms with Gasteiger partial charge in [-0.3, -0.25) is 14.4 Å². The number of rotatable bonds is 14. The Bertz CT molecular complexity index is 1070. The minimum Gasteiger partial charge on any atom is -0.394 e. The molecule has 48 heavy (non-hydrogen) atoms. The van der Waals surface area contributed by atoms with Crippen molar-refractivity contribution in [2.75, 3.05) is 46.2 Å². The van der Waals surface area contributed by atoms with Crippen LogP contribution in [0, 0.1) is 11.8 Å². The third-order valence-electron chi connectivity index (χ3n) is 9.17. The van der Waals surface area contributed by atoms with Gasteiger partial charge >= 0.3 is 0 Å².